The van der Waals surface area contributed by atoms with E-state index in [9.17, 15) is 18.0 Å². The van der Waals surface area contributed by atoms with Crippen molar-refractivity contribution >= 4 is 27.5 Å². The molecule has 0 unspecified atom stereocenters. The Balaban J connectivity index is 2.12. The fraction of sp³-hybridized carbons (Fsp3) is 0.310. The molecule has 3 aromatic carbocycles. The van der Waals surface area contributed by atoms with E-state index in [-0.39, 0.29) is 23.0 Å². The SMILES string of the molecule is CNC(=O)[C@@H](C)N(Cc1ccccc1C)C(=O)CN(c1cc(C)ccc1OC)S(=O)(=O)c1ccc(C)cc1. The van der Waals surface area contributed by atoms with Crippen molar-refractivity contribution in [3.8, 4) is 5.75 Å². The number of hydrogen-bond acceptors (Lipinski definition) is 5. The minimum Gasteiger partial charge on any atom is -0.495 e. The van der Waals surface area contributed by atoms with Crippen molar-refractivity contribution in [2.24, 2.45) is 0 Å². The number of anilines is 1. The van der Waals surface area contributed by atoms with Gasteiger partial charge in [-0.3, -0.25) is 13.9 Å². The van der Waals surface area contributed by atoms with E-state index in [1.54, 1.807) is 37.3 Å². The van der Waals surface area contributed by atoms with Crippen molar-refractivity contribution in [2.75, 3.05) is 25.0 Å². The molecule has 0 bridgehead atoms. The van der Waals surface area contributed by atoms with E-state index >= 15 is 0 Å². The molecule has 0 saturated heterocycles. The monoisotopic (exact) mass is 537 g/mol. The second-order valence-electron chi connectivity index (χ2n) is 9.24. The zero-order valence-corrected chi connectivity index (χ0v) is 23.5. The van der Waals surface area contributed by atoms with Crippen molar-refractivity contribution in [3.05, 3.63) is 89.0 Å². The summed E-state index contributed by atoms with van der Waals surface area (Å²) in [5, 5.41) is 2.59. The number of sulfonamides is 1. The minimum atomic E-state index is -4.18. The van der Waals surface area contributed by atoms with E-state index in [2.05, 4.69) is 5.32 Å². The highest BCUT2D eigenvalue weighted by Gasteiger charge is 2.33. The fourth-order valence-corrected chi connectivity index (χ4v) is 5.52. The van der Waals surface area contributed by atoms with E-state index in [1.807, 2.05) is 45.0 Å². The van der Waals surface area contributed by atoms with Crippen molar-refractivity contribution in [1.82, 2.24) is 10.2 Å². The van der Waals surface area contributed by atoms with Gasteiger partial charge in [0.2, 0.25) is 11.8 Å². The highest BCUT2D eigenvalue weighted by molar-refractivity contribution is 7.92. The summed E-state index contributed by atoms with van der Waals surface area (Å²) in [7, 11) is -1.23. The van der Waals surface area contributed by atoms with Crippen LogP contribution >= 0.6 is 0 Å². The number of ether oxygens (including phenoxy) is 1. The number of nitrogens with zero attached hydrogens (tertiary/aromatic N) is 2. The van der Waals surface area contributed by atoms with Crippen LogP contribution in [0.3, 0.4) is 0 Å². The summed E-state index contributed by atoms with van der Waals surface area (Å²) in [5.74, 6) is -0.569. The second kappa shape index (κ2) is 12.1. The number of carbonyl (C=O) groups is 2. The van der Waals surface area contributed by atoms with Gasteiger partial charge in [0, 0.05) is 13.6 Å². The van der Waals surface area contributed by atoms with Crippen LogP contribution in [0.1, 0.15) is 29.2 Å². The molecule has 0 aliphatic rings. The molecule has 0 aromatic heterocycles. The molecule has 1 N–H and O–H groups in total. The summed E-state index contributed by atoms with van der Waals surface area (Å²) in [4.78, 5) is 28.0. The lowest BCUT2D eigenvalue weighted by Crippen LogP contribution is -2.50. The molecular formula is C29H35N3O5S. The summed E-state index contributed by atoms with van der Waals surface area (Å²) in [6, 6.07) is 18.3. The number of rotatable bonds is 10. The van der Waals surface area contributed by atoms with Crippen LogP contribution in [0.25, 0.3) is 0 Å². The van der Waals surface area contributed by atoms with E-state index in [4.69, 9.17) is 4.74 Å². The first-order valence-electron chi connectivity index (χ1n) is 12.3. The third kappa shape index (κ3) is 6.34. The zero-order chi connectivity index (χ0) is 28.0. The number of carbonyl (C=O) groups excluding carboxylic acids is 2. The fourth-order valence-electron chi connectivity index (χ4n) is 4.11. The maximum absolute atomic E-state index is 14.0. The summed E-state index contributed by atoms with van der Waals surface area (Å²) in [6.07, 6.45) is 0. The standard InChI is InChI=1S/C29H35N3O5S/c1-20-11-14-25(15-12-20)38(35,36)32(26-17-21(2)13-16-27(26)37-6)19-28(33)31(23(4)29(34)30-5)18-24-10-8-7-9-22(24)3/h7-17,23H,18-19H2,1-6H3,(H,30,34)/t23-/m1/s1. The molecule has 2 amide bonds. The van der Waals surface area contributed by atoms with Gasteiger partial charge in [0.15, 0.2) is 0 Å². The van der Waals surface area contributed by atoms with Gasteiger partial charge in [0.25, 0.3) is 10.0 Å². The molecule has 1 atom stereocenters. The van der Waals surface area contributed by atoms with Crippen molar-refractivity contribution in [3.63, 3.8) is 0 Å². The smallest absolute Gasteiger partial charge is 0.264 e. The topological polar surface area (TPSA) is 96.0 Å². The van der Waals surface area contributed by atoms with E-state index in [1.165, 1.54) is 31.2 Å². The van der Waals surface area contributed by atoms with Crippen molar-refractivity contribution in [2.45, 2.75) is 45.2 Å². The molecule has 8 nitrogen and oxygen atoms in total. The maximum atomic E-state index is 14.0. The number of methoxy groups -OCH3 is 1. The first kappa shape index (κ1) is 28.7. The minimum absolute atomic E-state index is 0.0456. The number of benzene rings is 3. The van der Waals surface area contributed by atoms with Gasteiger partial charge < -0.3 is 15.0 Å². The Bertz CT molecular complexity index is 1400. The Morgan fingerprint density at radius 1 is 0.947 bits per heavy atom. The van der Waals surface area contributed by atoms with Gasteiger partial charge in [-0.2, -0.15) is 0 Å². The Morgan fingerprint density at radius 3 is 2.18 bits per heavy atom. The van der Waals surface area contributed by atoms with Gasteiger partial charge in [0.05, 0.1) is 17.7 Å². The molecule has 0 saturated carbocycles. The van der Waals surface area contributed by atoms with Crippen LogP contribution in [0.4, 0.5) is 5.69 Å². The first-order chi connectivity index (χ1) is 18.0. The summed E-state index contributed by atoms with van der Waals surface area (Å²) < 4.78 is 34.5. The number of aryl methyl sites for hydroxylation is 3. The molecule has 0 aliphatic heterocycles. The van der Waals surface area contributed by atoms with Crippen LogP contribution in [-0.2, 0) is 26.2 Å². The predicted octanol–water partition coefficient (Wildman–Crippen LogP) is 3.98. The van der Waals surface area contributed by atoms with Gasteiger partial charge in [-0.05, 0) is 68.7 Å². The van der Waals surface area contributed by atoms with Crippen LogP contribution < -0.4 is 14.4 Å². The number of likely N-dealkylation sites (N-methyl/N-ethyl adjacent to an activating group) is 1. The molecular weight excluding hydrogens is 502 g/mol. The van der Waals surface area contributed by atoms with Crippen molar-refractivity contribution in [1.29, 1.82) is 0 Å². The van der Waals surface area contributed by atoms with Crippen molar-refractivity contribution < 1.29 is 22.7 Å². The Morgan fingerprint density at radius 2 is 1.58 bits per heavy atom. The molecule has 0 heterocycles. The molecule has 3 aromatic rings. The van der Waals surface area contributed by atoms with Gasteiger partial charge >= 0.3 is 0 Å². The molecule has 0 spiro atoms. The quantitative estimate of drug-likeness (QED) is 0.422. The third-order valence-electron chi connectivity index (χ3n) is 6.51. The van der Waals surface area contributed by atoms with Gasteiger partial charge in [-0.25, -0.2) is 8.42 Å². The molecule has 38 heavy (non-hydrogen) atoms. The van der Waals surface area contributed by atoms with Crippen LogP contribution in [0.5, 0.6) is 5.75 Å². The lowest BCUT2D eigenvalue weighted by atomic mass is 10.1. The van der Waals surface area contributed by atoms with Crippen LogP contribution in [0.15, 0.2) is 71.6 Å². The van der Waals surface area contributed by atoms with Gasteiger partial charge in [-0.1, -0.05) is 48.0 Å². The average Bonchev–Trinajstić information content (AvgIpc) is 2.90. The highest BCUT2D eigenvalue weighted by atomic mass is 32.2. The molecule has 202 valence electrons. The Hall–Kier alpha value is -3.85. The Kier molecular flexibility index (Phi) is 9.17. The van der Waals surface area contributed by atoms with E-state index in [0.717, 1.165) is 26.6 Å². The molecule has 3 rings (SSSR count). The number of amides is 2. The second-order valence-corrected chi connectivity index (χ2v) is 11.1. The largest absolute Gasteiger partial charge is 0.495 e. The number of hydrogen-bond donors (Lipinski definition) is 1. The zero-order valence-electron chi connectivity index (χ0n) is 22.7. The highest BCUT2D eigenvalue weighted by Crippen LogP contribution is 2.34. The number of nitrogens with one attached hydrogen (secondary N) is 1. The molecule has 0 aliphatic carbocycles. The molecule has 9 heteroatoms. The van der Waals surface area contributed by atoms with E-state index < -0.39 is 28.5 Å². The predicted molar refractivity (Wildman–Crippen MR) is 149 cm³/mol. The summed E-state index contributed by atoms with van der Waals surface area (Å²) >= 11 is 0. The van der Waals surface area contributed by atoms with Gasteiger partial charge in [-0.15, -0.1) is 0 Å². The summed E-state index contributed by atoms with van der Waals surface area (Å²) in [5.41, 5.74) is 3.76. The van der Waals surface area contributed by atoms with Crippen LogP contribution in [0, 0.1) is 20.8 Å². The third-order valence-corrected chi connectivity index (χ3v) is 8.28. The van der Waals surface area contributed by atoms with Crippen LogP contribution in [-0.4, -0.2) is 51.9 Å². The average molecular weight is 538 g/mol. The lowest BCUT2D eigenvalue weighted by molar-refractivity contribution is -0.139. The lowest BCUT2D eigenvalue weighted by Gasteiger charge is -2.32. The first-order valence-corrected chi connectivity index (χ1v) is 13.7. The normalized spacial score (nSPS) is 11.9. The van der Waals surface area contributed by atoms with Gasteiger partial charge in [0.1, 0.15) is 18.3 Å². The molecule has 0 fully saturated rings. The summed E-state index contributed by atoms with van der Waals surface area (Å²) in [6.45, 7) is 6.87. The Labute approximate surface area is 225 Å². The van der Waals surface area contributed by atoms with Crippen LogP contribution in [0.2, 0.25) is 0 Å². The maximum Gasteiger partial charge on any atom is 0.264 e. The van der Waals surface area contributed by atoms with E-state index in [0.29, 0.717) is 5.75 Å². The molecule has 0 radical (unpaired) electrons.